The molecule has 0 spiro atoms. The normalized spacial score (nSPS) is 16.7. The van der Waals surface area contributed by atoms with Gasteiger partial charge in [0.25, 0.3) is 11.5 Å². The Balaban J connectivity index is 1.88. The van der Waals surface area contributed by atoms with Gasteiger partial charge in [0.2, 0.25) is 0 Å². The fourth-order valence-electron chi connectivity index (χ4n) is 3.66. The highest BCUT2D eigenvalue weighted by atomic mass is 32.1. The van der Waals surface area contributed by atoms with E-state index >= 15 is 0 Å². The van der Waals surface area contributed by atoms with Crippen LogP contribution in [0, 0.1) is 17.0 Å². The first-order chi connectivity index (χ1) is 17.2. The number of Topliss-reactive ketones (excluding diaryl/α,β-unsaturated/α-hetero) is 1. The number of nitro benzene ring substituents is 1. The van der Waals surface area contributed by atoms with Gasteiger partial charge in [0.1, 0.15) is 17.2 Å². The van der Waals surface area contributed by atoms with Crippen LogP contribution in [0.5, 0.6) is 0 Å². The van der Waals surface area contributed by atoms with Crippen LogP contribution in [-0.2, 0) is 14.3 Å². The maximum atomic E-state index is 13.2. The number of non-ortho nitro benzene ring substituents is 1. The molecule has 3 aromatic rings. The Bertz CT molecular complexity index is 1410. The van der Waals surface area contributed by atoms with E-state index < -0.39 is 34.4 Å². The van der Waals surface area contributed by atoms with E-state index in [4.69, 9.17) is 4.74 Å². The molecule has 2 aromatic heterocycles. The summed E-state index contributed by atoms with van der Waals surface area (Å²) in [6, 6.07) is 7.01. The number of ether oxygens (including phenoxy) is 1. The van der Waals surface area contributed by atoms with Crippen LogP contribution in [0.3, 0.4) is 0 Å². The Labute approximate surface area is 208 Å². The van der Waals surface area contributed by atoms with Crippen molar-refractivity contribution < 1.29 is 29.2 Å². The summed E-state index contributed by atoms with van der Waals surface area (Å²) in [5.41, 5.74) is 0.423. The molecule has 1 atom stereocenters. The number of rotatable bonds is 7. The molecule has 0 saturated carbocycles. The Morgan fingerprint density at radius 1 is 1.25 bits per heavy atom. The van der Waals surface area contributed by atoms with Crippen molar-refractivity contribution in [3.8, 4) is 0 Å². The number of aryl methyl sites for hydroxylation is 1. The molecule has 1 saturated heterocycles. The average molecular weight is 506 g/mol. The van der Waals surface area contributed by atoms with E-state index in [9.17, 15) is 29.6 Å². The number of aliphatic hydroxyl groups is 1. The number of hydrogen-bond acceptors (Lipinski definition) is 10. The maximum Gasteiger partial charge on any atom is 0.350 e. The second-order valence-electron chi connectivity index (χ2n) is 7.55. The number of thiazole rings is 1. The van der Waals surface area contributed by atoms with Gasteiger partial charge in [0.15, 0.2) is 5.13 Å². The molecule has 12 heteroatoms. The summed E-state index contributed by atoms with van der Waals surface area (Å²) in [5.74, 6) is -3.07. The smallest absolute Gasteiger partial charge is 0.350 e. The third kappa shape index (κ3) is 4.36. The number of ketones is 1. The number of nitrogens with zero attached hydrogens (tertiary/aromatic N) is 4. The largest absolute Gasteiger partial charge is 0.507 e. The van der Waals surface area contributed by atoms with Crippen LogP contribution in [0.25, 0.3) is 5.76 Å². The Morgan fingerprint density at radius 2 is 1.92 bits per heavy atom. The van der Waals surface area contributed by atoms with E-state index in [-0.39, 0.29) is 39.1 Å². The van der Waals surface area contributed by atoms with Crippen LogP contribution in [0.1, 0.15) is 32.5 Å². The lowest BCUT2D eigenvalue weighted by Gasteiger charge is -2.22. The Morgan fingerprint density at radius 3 is 2.53 bits per heavy atom. The van der Waals surface area contributed by atoms with Crippen molar-refractivity contribution in [1.82, 2.24) is 9.97 Å². The number of esters is 1. The number of hydrogen-bond donors (Lipinski definition) is 1. The van der Waals surface area contributed by atoms with Crippen LogP contribution in [0.2, 0.25) is 0 Å². The van der Waals surface area contributed by atoms with E-state index in [1.165, 1.54) is 54.9 Å². The topological polar surface area (TPSA) is 153 Å². The fourth-order valence-corrected chi connectivity index (χ4v) is 4.65. The lowest BCUT2D eigenvalue weighted by atomic mass is 9.95. The summed E-state index contributed by atoms with van der Waals surface area (Å²) >= 11 is 0.848. The number of carbonyl (C=O) groups is 3. The highest BCUT2D eigenvalue weighted by Crippen LogP contribution is 2.44. The van der Waals surface area contributed by atoms with Crippen LogP contribution in [-0.4, -0.2) is 44.3 Å². The maximum absolute atomic E-state index is 13.2. The van der Waals surface area contributed by atoms with Gasteiger partial charge in [-0.25, -0.2) is 9.78 Å². The van der Waals surface area contributed by atoms with E-state index in [1.54, 1.807) is 6.92 Å². The molecule has 1 unspecified atom stereocenters. The highest BCUT2D eigenvalue weighted by molar-refractivity contribution is 7.17. The van der Waals surface area contributed by atoms with Crippen molar-refractivity contribution in [2.24, 2.45) is 0 Å². The monoisotopic (exact) mass is 506 g/mol. The van der Waals surface area contributed by atoms with Crippen molar-refractivity contribution in [3.63, 3.8) is 0 Å². The lowest BCUT2D eigenvalue weighted by Crippen LogP contribution is -2.29. The molecule has 0 radical (unpaired) electrons. The molecule has 1 aliphatic rings. The van der Waals surface area contributed by atoms with Gasteiger partial charge in [-0.2, -0.15) is 0 Å². The van der Waals surface area contributed by atoms with Gasteiger partial charge in [-0.3, -0.25) is 29.6 Å². The Kier molecular flexibility index (Phi) is 6.70. The van der Waals surface area contributed by atoms with Gasteiger partial charge in [-0.05, 0) is 36.8 Å². The summed E-state index contributed by atoms with van der Waals surface area (Å²) in [7, 11) is 0. The lowest BCUT2D eigenvalue weighted by molar-refractivity contribution is -0.384. The third-order valence-electron chi connectivity index (χ3n) is 5.33. The number of aromatic nitrogens is 2. The molecule has 3 heterocycles. The summed E-state index contributed by atoms with van der Waals surface area (Å²) in [5, 5.41) is 22.2. The second-order valence-corrected chi connectivity index (χ2v) is 8.53. The summed E-state index contributed by atoms with van der Waals surface area (Å²) in [4.78, 5) is 58.8. The first-order valence-corrected chi connectivity index (χ1v) is 11.3. The first-order valence-electron chi connectivity index (χ1n) is 10.5. The summed E-state index contributed by atoms with van der Waals surface area (Å²) in [6.07, 6.45) is 4.23. The van der Waals surface area contributed by atoms with Crippen molar-refractivity contribution in [2.75, 3.05) is 11.5 Å². The summed E-state index contributed by atoms with van der Waals surface area (Å²) < 4.78 is 5.07. The molecule has 1 aliphatic heterocycles. The molecule has 1 fully saturated rings. The Hall–Kier alpha value is -4.71. The minimum atomic E-state index is -1.17. The van der Waals surface area contributed by atoms with Gasteiger partial charge in [-0.15, -0.1) is 0 Å². The van der Waals surface area contributed by atoms with Crippen LogP contribution >= 0.6 is 11.3 Å². The second kappa shape index (κ2) is 9.88. The van der Waals surface area contributed by atoms with Crippen molar-refractivity contribution >= 4 is 45.6 Å². The van der Waals surface area contributed by atoms with E-state index in [2.05, 4.69) is 16.5 Å². The number of anilines is 1. The minimum absolute atomic E-state index is 0.0231. The van der Waals surface area contributed by atoms with Gasteiger partial charge < -0.3 is 9.84 Å². The van der Waals surface area contributed by atoms with Crippen LogP contribution in [0.15, 0.2) is 67.0 Å². The predicted octanol–water partition coefficient (Wildman–Crippen LogP) is 3.72. The number of nitro groups is 1. The average Bonchev–Trinajstić information content (AvgIpc) is 3.39. The zero-order valence-corrected chi connectivity index (χ0v) is 19.6. The number of carbonyl (C=O) groups excluding carboxylic acids is 3. The van der Waals surface area contributed by atoms with E-state index in [1.807, 2.05) is 0 Å². The number of aliphatic hydroxyl groups excluding tert-OH is 1. The third-order valence-corrected chi connectivity index (χ3v) is 6.46. The first kappa shape index (κ1) is 24.4. The molecular formula is C24H18N4O7S. The highest BCUT2D eigenvalue weighted by Gasteiger charge is 2.48. The predicted molar refractivity (Wildman–Crippen MR) is 129 cm³/mol. The number of pyridine rings is 1. The molecule has 11 nitrogen and oxygen atoms in total. The van der Waals surface area contributed by atoms with Crippen molar-refractivity contribution in [2.45, 2.75) is 13.0 Å². The molecule has 0 aliphatic carbocycles. The van der Waals surface area contributed by atoms with E-state index in [0.717, 1.165) is 16.2 Å². The molecule has 1 N–H and O–H groups in total. The number of amides is 1. The minimum Gasteiger partial charge on any atom is -0.507 e. The van der Waals surface area contributed by atoms with Gasteiger partial charge >= 0.3 is 11.9 Å². The zero-order valence-electron chi connectivity index (χ0n) is 18.8. The SMILES string of the molecule is C=CCOC(=O)c1sc(N2C(=O)C(=O)/C(=C(/O)c3ccncc3)C2c2ccc([N+](=O)[O-])cc2)nc1C. The zero-order chi connectivity index (χ0) is 26.0. The molecule has 1 aromatic carbocycles. The van der Waals surface area contributed by atoms with Gasteiger partial charge in [0.05, 0.1) is 22.2 Å². The van der Waals surface area contributed by atoms with Crippen molar-refractivity contribution in [3.05, 3.63) is 98.8 Å². The van der Waals surface area contributed by atoms with Gasteiger partial charge in [-0.1, -0.05) is 24.0 Å². The molecular weight excluding hydrogens is 488 g/mol. The molecule has 1 amide bonds. The molecule has 182 valence electrons. The van der Waals surface area contributed by atoms with Crippen LogP contribution in [0.4, 0.5) is 10.8 Å². The summed E-state index contributed by atoms with van der Waals surface area (Å²) in [6.45, 7) is 5.02. The quantitative estimate of drug-likeness (QED) is 0.0960. The number of benzene rings is 1. The standard InChI is InChI=1S/C24H18N4O7S/c1-3-12-35-23(32)21-13(2)26-24(36-21)27-18(14-4-6-16(7-5-14)28(33)34)17(20(30)22(27)31)19(29)15-8-10-25-11-9-15/h3-11,18,29H,1,12H2,2H3/b19-17+. The van der Waals surface area contributed by atoms with E-state index in [0.29, 0.717) is 5.56 Å². The van der Waals surface area contributed by atoms with Crippen LogP contribution < -0.4 is 4.90 Å². The van der Waals surface area contributed by atoms with Gasteiger partial charge in [0, 0.05) is 30.1 Å². The molecule has 36 heavy (non-hydrogen) atoms. The molecule has 4 rings (SSSR count). The van der Waals surface area contributed by atoms with Crippen molar-refractivity contribution in [1.29, 1.82) is 0 Å². The molecule has 0 bridgehead atoms. The fraction of sp³-hybridized carbons (Fsp3) is 0.125.